The van der Waals surface area contributed by atoms with Gasteiger partial charge in [-0.1, -0.05) is 26.8 Å². The smallest absolute Gasteiger partial charge is 0.251 e. The van der Waals surface area contributed by atoms with Crippen LogP contribution in [0.2, 0.25) is 0 Å². The van der Waals surface area contributed by atoms with Gasteiger partial charge < -0.3 is 15.4 Å². The molecule has 1 heterocycles. The van der Waals surface area contributed by atoms with Crippen LogP contribution in [0.4, 0.5) is 0 Å². The van der Waals surface area contributed by atoms with Gasteiger partial charge in [-0.2, -0.15) is 4.31 Å². The molecule has 0 aromatic heterocycles. The van der Waals surface area contributed by atoms with Gasteiger partial charge in [0.25, 0.3) is 5.91 Å². The van der Waals surface area contributed by atoms with Crippen molar-refractivity contribution in [1.82, 2.24) is 14.9 Å². The molecule has 156 valence electrons. The van der Waals surface area contributed by atoms with Gasteiger partial charge in [0.05, 0.1) is 18.1 Å². The first-order valence-electron chi connectivity index (χ1n) is 9.54. The summed E-state index contributed by atoms with van der Waals surface area (Å²) in [5.41, 5.74) is 0.197. The van der Waals surface area contributed by atoms with Crippen molar-refractivity contribution in [2.45, 2.75) is 38.1 Å². The van der Waals surface area contributed by atoms with E-state index in [-0.39, 0.29) is 35.4 Å². The number of nitrogens with one attached hydrogen (secondary N) is 2. The second kappa shape index (κ2) is 9.99. The number of morpholine rings is 1. The number of carbonyl (C=O) groups excluding carboxylic acids is 2. The van der Waals surface area contributed by atoms with E-state index in [4.69, 9.17) is 4.74 Å². The largest absolute Gasteiger partial charge is 0.379 e. The maximum atomic E-state index is 12.8. The molecule has 0 bridgehead atoms. The molecule has 1 aromatic carbocycles. The third-order valence-electron chi connectivity index (χ3n) is 4.49. The SMILES string of the molecule is CCCNC(=O)[C@@H](NC(=O)c1cccc(S(=O)(=O)N2CCOCC2)c1)C(C)C. The molecular weight excluding hydrogens is 382 g/mol. The van der Waals surface area contributed by atoms with Crippen LogP contribution < -0.4 is 10.6 Å². The van der Waals surface area contributed by atoms with E-state index in [1.807, 2.05) is 20.8 Å². The van der Waals surface area contributed by atoms with Gasteiger partial charge in [0.15, 0.2) is 0 Å². The molecule has 28 heavy (non-hydrogen) atoms. The van der Waals surface area contributed by atoms with Crippen molar-refractivity contribution >= 4 is 21.8 Å². The second-order valence-electron chi connectivity index (χ2n) is 7.03. The molecule has 1 aromatic rings. The van der Waals surface area contributed by atoms with E-state index >= 15 is 0 Å². The Kier molecular flexibility index (Phi) is 7.97. The summed E-state index contributed by atoms with van der Waals surface area (Å²) in [5, 5.41) is 5.50. The number of sulfonamides is 1. The summed E-state index contributed by atoms with van der Waals surface area (Å²) in [4.78, 5) is 25.0. The second-order valence-corrected chi connectivity index (χ2v) is 8.97. The predicted octanol–water partition coefficient (Wildman–Crippen LogP) is 0.988. The van der Waals surface area contributed by atoms with E-state index in [1.165, 1.54) is 28.6 Å². The summed E-state index contributed by atoms with van der Waals surface area (Å²) in [6.45, 7) is 7.43. The Morgan fingerprint density at radius 1 is 1.21 bits per heavy atom. The summed E-state index contributed by atoms with van der Waals surface area (Å²) in [6, 6.07) is 5.19. The number of hydrogen-bond acceptors (Lipinski definition) is 5. The number of benzene rings is 1. The summed E-state index contributed by atoms with van der Waals surface area (Å²) in [7, 11) is -3.70. The minimum absolute atomic E-state index is 0.0542. The number of hydrogen-bond donors (Lipinski definition) is 2. The van der Waals surface area contributed by atoms with Crippen LogP contribution in [-0.4, -0.2) is 63.4 Å². The number of amides is 2. The molecule has 1 atom stereocenters. The van der Waals surface area contributed by atoms with Crippen molar-refractivity contribution in [3.05, 3.63) is 29.8 Å². The highest BCUT2D eigenvalue weighted by atomic mass is 32.2. The Morgan fingerprint density at radius 2 is 1.89 bits per heavy atom. The lowest BCUT2D eigenvalue weighted by atomic mass is 10.0. The Labute approximate surface area is 166 Å². The Bertz CT molecular complexity index is 789. The first-order chi connectivity index (χ1) is 13.3. The number of carbonyl (C=O) groups is 2. The Hall–Kier alpha value is -1.97. The van der Waals surface area contributed by atoms with Crippen molar-refractivity contribution in [2.24, 2.45) is 5.92 Å². The molecule has 0 spiro atoms. The summed E-state index contributed by atoms with van der Waals surface area (Å²) < 4.78 is 32.1. The summed E-state index contributed by atoms with van der Waals surface area (Å²) in [6.07, 6.45) is 0.798. The molecule has 0 unspecified atom stereocenters. The Balaban J connectivity index is 2.17. The molecule has 2 amide bonds. The molecule has 0 radical (unpaired) electrons. The fourth-order valence-electron chi connectivity index (χ4n) is 2.85. The van der Waals surface area contributed by atoms with Gasteiger partial charge >= 0.3 is 0 Å². The molecule has 9 heteroatoms. The zero-order chi connectivity index (χ0) is 20.7. The molecule has 2 N–H and O–H groups in total. The summed E-state index contributed by atoms with van der Waals surface area (Å²) in [5.74, 6) is -0.840. The van der Waals surface area contributed by atoms with Gasteiger partial charge in [0.1, 0.15) is 6.04 Å². The van der Waals surface area contributed by atoms with Crippen LogP contribution in [0.1, 0.15) is 37.6 Å². The molecule has 1 saturated heterocycles. The standard InChI is InChI=1S/C19H29N3O5S/c1-4-8-20-19(24)17(14(2)3)21-18(23)15-6-5-7-16(13-15)28(25,26)22-9-11-27-12-10-22/h5-7,13-14,17H,4,8-12H2,1-3H3,(H,20,24)(H,21,23)/t17-/m0/s1. The van der Waals surface area contributed by atoms with E-state index in [0.29, 0.717) is 19.8 Å². The van der Waals surface area contributed by atoms with E-state index < -0.39 is 22.0 Å². The lowest BCUT2D eigenvalue weighted by Gasteiger charge is -2.26. The zero-order valence-electron chi connectivity index (χ0n) is 16.6. The molecule has 1 fully saturated rings. The quantitative estimate of drug-likeness (QED) is 0.664. The van der Waals surface area contributed by atoms with Gasteiger partial charge in [-0.05, 0) is 30.5 Å². The van der Waals surface area contributed by atoms with Gasteiger partial charge in [0.2, 0.25) is 15.9 Å². The lowest BCUT2D eigenvalue weighted by molar-refractivity contribution is -0.123. The predicted molar refractivity (Wildman–Crippen MR) is 105 cm³/mol. The Morgan fingerprint density at radius 3 is 2.50 bits per heavy atom. The normalized spacial score (nSPS) is 16.6. The third kappa shape index (κ3) is 5.52. The fraction of sp³-hybridized carbons (Fsp3) is 0.579. The monoisotopic (exact) mass is 411 g/mol. The number of ether oxygens (including phenoxy) is 1. The average molecular weight is 412 g/mol. The highest BCUT2D eigenvalue weighted by Crippen LogP contribution is 2.18. The average Bonchev–Trinajstić information content (AvgIpc) is 2.70. The van der Waals surface area contributed by atoms with Crippen molar-refractivity contribution in [1.29, 1.82) is 0 Å². The zero-order valence-corrected chi connectivity index (χ0v) is 17.4. The van der Waals surface area contributed by atoms with Crippen molar-refractivity contribution < 1.29 is 22.7 Å². The molecule has 0 saturated carbocycles. The minimum atomic E-state index is -3.70. The first kappa shape index (κ1) is 22.3. The maximum absolute atomic E-state index is 12.8. The number of nitrogens with zero attached hydrogens (tertiary/aromatic N) is 1. The fourth-order valence-corrected chi connectivity index (χ4v) is 4.31. The van der Waals surface area contributed by atoms with E-state index in [2.05, 4.69) is 10.6 Å². The minimum Gasteiger partial charge on any atom is -0.379 e. The van der Waals surface area contributed by atoms with Crippen molar-refractivity contribution in [2.75, 3.05) is 32.8 Å². The van der Waals surface area contributed by atoms with Crippen LogP contribution in [0, 0.1) is 5.92 Å². The summed E-state index contributed by atoms with van der Waals surface area (Å²) >= 11 is 0. The third-order valence-corrected chi connectivity index (χ3v) is 6.38. The van der Waals surface area contributed by atoms with Crippen LogP contribution in [-0.2, 0) is 19.6 Å². The van der Waals surface area contributed by atoms with E-state index in [0.717, 1.165) is 6.42 Å². The van der Waals surface area contributed by atoms with Crippen LogP contribution in [0.25, 0.3) is 0 Å². The highest BCUT2D eigenvalue weighted by molar-refractivity contribution is 7.89. The van der Waals surface area contributed by atoms with Crippen LogP contribution in [0.5, 0.6) is 0 Å². The van der Waals surface area contributed by atoms with Crippen LogP contribution in [0.3, 0.4) is 0 Å². The van der Waals surface area contributed by atoms with E-state index in [9.17, 15) is 18.0 Å². The molecule has 1 aliphatic rings. The topological polar surface area (TPSA) is 105 Å². The molecular formula is C19H29N3O5S. The molecule has 0 aliphatic carbocycles. The maximum Gasteiger partial charge on any atom is 0.251 e. The van der Waals surface area contributed by atoms with Gasteiger partial charge in [0, 0.05) is 25.2 Å². The van der Waals surface area contributed by atoms with Gasteiger partial charge in [-0.15, -0.1) is 0 Å². The van der Waals surface area contributed by atoms with Crippen molar-refractivity contribution in [3.63, 3.8) is 0 Å². The molecule has 1 aliphatic heterocycles. The van der Waals surface area contributed by atoms with Gasteiger partial charge in [-0.25, -0.2) is 8.42 Å². The van der Waals surface area contributed by atoms with Crippen LogP contribution in [0.15, 0.2) is 29.2 Å². The first-order valence-corrected chi connectivity index (χ1v) is 11.0. The highest BCUT2D eigenvalue weighted by Gasteiger charge is 2.28. The molecule has 8 nitrogen and oxygen atoms in total. The van der Waals surface area contributed by atoms with Crippen molar-refractivity contribution in [3.8, 4) is 0 Å². The van der Waals surface area contributed by atoms with Crippen LogP contribution >= 0.6 is 0 Å². The molecule has 2 rings (SSSR count). The van der Waals surface area contributed by atoms with Gasteiger partial charge in [-0.3, -0.25) is 9.59 Å². The lowest BCUT2D eigenvalue weighted by Crippen LogP contribution is -2.49. The van der Waals surface area contributed by atoms with E-state index in [1.54, 1.807) is 0 Å². The number of rotatable bonds is 8.